The van der Waals surface area contributed by atoms with Gasteiger partial charge in [-0.15, -0.1) is 0 Å². The molecule has 0 N–H and O–H groups in total. The van der Waals surface area contributed by atoms with Crippen molar-refractivity contribution in [1.82, 2.24) is 14.5 Å². The normalized spacial score (nSPS) is 26.4. The minimum Gasteiger partial charge on any atom is -0.339 e. The Labute approximate surface area is 136 Å². The monoisotopic (exact) mass is 318 g/mol. The maximum absolute atomic E-state index is 6.15. The third kappa shape index (κ3) is 2.29. The van der Waals surface area contributed by atoms with E-state index in [1.165, 1.54) is 32.4 Å². The zero-order chi connectivity index (χ0) is 15.3. The standard InChI is InChI=1S/C17H23ClN4/c1-20-9-7-15-12(11-20)4-3-8-22(15)17-19-14-6-5-13(18)10-16(14)21(17)2/h5-6,10,12,15H,3-4,7-9,11H2,1-2H3. The van der Waals surface area contributed by atoms with Crippen LogP contribution in [0, 0.1) is 5.92 Å². The molecule has 0 saturated carbocycles. The molecular weight excluding hydrogens is 296 g/mol. The van der Waals surface area contributed by atoms with Crippen molar-refractivity contribution in [2.75, 3.05) is 31.6 Å². The number of fused-ring (bicyclic) bond motifs is 2. The van der Waals surface area contributed by atoms with Crippen molar-refractivity contribution in [2.24, 2.45) is 13.0 Å². The molecule has 2 aromatic rings. The third-order valence-corrected chi connectivity index (χ3v) is 5.58. The fourth-order valence-corrected chi connectivity index (χ4v) is 4.41. The number of likely N-dealkylation sites (tertiary alicyclic amines) is 1. The van der Waals surface area contributed by atoms with Gasteiger partial charge in [0.15, 0.2) is 0 Å². The van der Waals surface area contributed by atoms with Gasteiger partial charge in [-0.25, -0.2) is 4.98 Å². The zero-order valence-corrected chi connectivity index (χ0v) is 14.1. The van der Waals surface area contributed by atoms with E-state index >= 15 is 0 Å². The first-order valence-corrected chi connectivity index (χ1v) is 8.58. The van der Waals surface area contributed by atoms with Crippen LogP contribution < -0.4 is 4.90 Å². The van der Waals surface area contributed by atoms with Crippen molar-refractivity contribution >= 4 is 28.6 Å². The average molecular weight is 319 g/mol. The number of rotatable bonds is 1. The molecule has 2 aliphatic rings. The van der Waals surface area contributed by atoms with Crippen LogP contribution in [0.4, 0.5) is 5.95 Å². The van der Waals surface area contributed by atoms with Crippen molar-refractivity contribution in [3.8, 4) is 0 Å². The predicted octanol–water partition coefficient (Wildman–Crippen LogP) is 3.15. The van der Waals surface area contributed by atoms with E-state index in [2.05, 4.69) is 28.5 Å². The first kappa shape index (κ1) is 14.3. The maximum Gasteiger partial charge on any atom is 0.206 e. The summed E-state index contributed by atoms with van der Waals surface area (Å²) in [5.74, 6) is 1.88. The molecule has 3 heterocycles. The lowest BCUT2D eigenvalue weighted by Crippen LogP contribution is -2.54. The van der Waals surface area contributed by atoms with E-state index in [9.17, 15) is 0 Å². The number of aromatic nitrogens is 2. The van der Waals surface area contributed by atoms with Gasteiger partial charge in [-0.1, -0.05) is 11.6 Å². The molecule has 4 rings (SSSR count). The highest BCUT2D eigenvalue weighted by Gasteiger charge is 2.36. The van der Waals surface area contributed by atoms with Crippen LogP contribution in [0.1, 0.15) is 19.3 Å². The largest absolute Gasteiger partial charge is 0.339 e. The SMILES string of the molecule is CN1CCC2C(CCCN2c2nc3ccc(Cl)cc3n2C)C1. The molecule has 0 spiro atoms. The Morgan fingerprint density at radius 1 is 1.18 bits per heavy atom. The van der Waals surface area contributed by atoms with Gasteiger partial charge in [-0.05, 0) is 57.0 Å². The fourth-order valence-electron chi connectivity index (χ4n) is 4.24. The fraction of sp³-hybridized carbons (Fsp3) is 0.588. The first-order valence-electron chi connectivity index (χ1n) is 8.20. The van der Waals surface area contributed by atoms with Gasteiger partial charge in [-0.3, -0.25) is 0 Å². The molecule has 0 radical (unpaired) electrons. The first-order chi connectivity index (χ1) is 10.6. The second-order valence-electron chi connectivity index (χ2n) is 6.82. The molecule has 0 amide bonds. The number of hydrogen-bond acceptors (Lipinski definition) is 3. The van der Waals surface area contributed by atoms with Crippen molar-refractivity contribution < 1.29 is 0 Å². The van der Waals surface area contributed by atoms with E-state index in [0.29, 0.717) is 6.04 Å². The predicted molar refractivity (Wildman–Crippen MR) is 91.7 cm³/mol. The Morgan fingerprint density at radius 2 is 2.05 bits per heavy atom. The second-order valence-corrected chi connectivity index (χ2v) is 7.25. The summed E-state index contributed by atoms with van der Waals surface area (Å²) in [6.45, 7) is 3.53. The molecule has 1 aromatic carbocycles. The Kier molecular flexibility index (Phi) is 3.54. The molecular formula is C17H23ClN4. The summed E-state index contributed by atoms with van der Waals surface area (Å²) >= 11 is 6.15. The minimum atomic E-state index is 0.635. The minimum absolute atomic E-state index is 0.635. The molecule has 2 atom stereocenters. The molecule has 4 nitrogen and oxygen atoms in total. The Morgan fingerprint density at radius 3 is 2.91 bits per heavy atom. The lowest BCUT2D eigenvalue weighted by Gasteiger charge is -2.46. The van der Waals surface area contributed by atoms with Gasteiger partial charge in [0.05, 0.1) is 11.0 Å². The number of aryl methyl sites for hydroxylation is 1. The number of piperidine rings is 2. The number of imidazole rings is 1. The van der Waals surface area contributed by atoms with Crippen molar-refractivity contribution in [3.05, 3.63) is 23.2 Å². The summed E-state index contributed by atoms with van der Waals surface area (Å²) in [5, 5.41) is 0.776. The van der Waals surface area contributed by atoms with Gasteiger partial charge in [0.1, 0.15) is 0 Å². The highest BCUT2D eigenvalue weighted by molar-refractivity contribution is 6.31. The quantitative estimate of drug-likeness (QED) is 0.807. The number of anilines is 1. The molecule has 0 bridgehead atoms. The summed E-state index contributed by atoms with van der Waals surface area (Å²) < 4.78 is 2.21. The Bertz CT molecular complexity index is 695. The van der Waals surface area contributed by atoms with Crippen LogP contribution in [-0.2, 0) is 7.05 Å². The molecule has 118 valence electrons. The van der Waals surface area contributed by atoms with Crippen LogP contribution in [-0.4, -0.2) is 47.2 Å². The van der Waals surface area contributed by atoms with E-state index in [1.54, 1.807) is 0 Å². The molecule has 2 saturated heterocycles. The third-order valence-electron chi connectivity index (χ3n) is 5.35. The van der Waals surface area contributed by atoms with E-state index < -0.39 is 0 Å². The van der Waals surface area contributed by atoms with Gasteiger partial charge >= 0.3 is 0 Å². The highest BCUT2D eigenvalue weighted by atomic mass is 35.5. The van der Waals surface area contributed by atoms with Crippen molar-refractivity contribution in [3.63, 3.8) is 0 Å². The Balaban J connectivity index is 1.73. The van der Waals surface area contributed by atoms with E-state index in [0.717, 1.165) is 34.5 Å². The summed E-state index contributed by atoms with van der Waals surface area (Å²) in [7, 11) is 4.35. The van der Waals surface area contributed by atoms with E-state index in [-0.39, 0.29) is 0 Å². The molecule has 2 fully saturated rings. The lowest BCUT2D eigenvalue weighted by atomic mass is 9.84. The van der Waals surface area contributed by atoms with E-state index in [4.69, 9.17) is 16.6 Å². The highest BCUT2D eigenvalue weighted by Crippen LogP contribution is 2.34. The molecule has 2 unspecified atom stereocenters. The summed E-state index contributed by atoms with van der Waals surface area (Å²) in [6.07, 6.45) is 3.85. The van der Waals surface area contributed by atoms with Crippen LogP contribution in [0.3, 0.4) is 0 Å². The van der Waals surface area contributed by atoms with Gasteiger partial charge < -0.3 is 14.4 Å². The number of hydrogen-bond donors (Lipinski definition) is 0. The number of nitrogens with zero attached hydrogens (tertiary/aromatic N) is 4. The van der Waals surface area contributed by atoms with Gasteiger partial charge in [-0.2, -0.15) is 0 Å². The van der Waals surface area contributed by atoms with Gasteiger partial charge in [0.25, 0.3) is 0 Å². The topological polar surface area (TPSA) is 24.3 Å². The van der Waals surface area contributed by atoms with Crippen LogP contribution in [0.2, 0.25) is 5.02 Å². The molecule has 1 aromatic heterocycles. The van der Waals surface area contributed by atoms with Crippen LogP contribution in [0.5, 0.6) is 0 Å². The van der Waals surface area contributed by atoms with Crippen LogP contribution in [0.25, 0.3) is 11.0 Å². The van der Waals surface area contributed by atoms with E-state index in [1.807, 2.05) is 18.2 Å². The average Bonchev–Trinajstić information content (AvgIpc) is 2.83. The molecule has 22 heavy (non-hydrogen) atoms. The Hall–Kier alpha value is -1.26. The second kappa shape index (κ2) is 5.43. The number of benzene rings is 1. The lowest BCUT2D eigenvalue weighted by molar-refractivity contribution is 0.153. The van der Waals surface area contributed by atoms with Gasteiger partial charge in [0, 0.05) is 31.2 Å². The summed E-state index contributed by atoms with van der Waals surface area (Å²) in [6, 6.07) is 6.60. The van der Waals surface area contributed by atoms with Crippen molar-refractivity contribution in [1.29, 1.82) is 0 Å². The molecule has 5 heteroatoms. The number of halogens is 1. The van der Waals surface area contributed by atoms with Crippen LogP contribution in [0.15, 0.2) is 18.2 Å². The maximum atomic E-state index is 6.15. The molecule has 2 aliphatic heterocycles. The summed E-state index contributed by atoms with van der Waals surface area (Å²) in [5.41, 5.74) is 2.16. The molecule has 0 aliphatic carbocycles. The summed E-state index contributed by atoms with van der Waals surface area (Å²) in [4.78, 5) is 9.93. The van der Waals surface area contributed by atoms with Crippen LogP contribution >= 0.6 is 11.6 Å². The van der Waals surface area contributed by atoms with Gasteiger partial charge in [0.2, 0.25) is 5.95 Å². The zero-order valence-electron chi connectivity index (χ0n) is 13.3. The van der Waals surface area contributed by atoms with Crippen molar-refractivity contribution in [2.45, 2.75) is 25.3 Å². The smallest absolute Gasteiger partial charge is 0.206 e.